The third-order valence-corrected chi connectivity index (χ3v) is 9.47. The van der Waals surface area contributed by atoms with Gasteiger partial charge in [0.15, 0.2) is 0 Å². The molecule has 0 aliphatic carbocycles. The average Bonchev–Trinajstić information content (AvgIpc) is 3.40. The van der Waals surface area contributed by atoms with Crippen molar-refractivity contribution in [1.82, 2.24) is 4.57 Å². The quantitative estimate of drug-likeness (QED) is 0.200. The molecule has 0 N–H and O–H groups in total. The van der Waals surface area contributed by atoms with Crippen molar-refractivity contribution in [2.75, 3.05) is 9.80 Å². The van der Waals surface area contributed by atoms with Gasteiger partial charge in [0.1, 0.15) is 0 Å². The summed E-state index contributed by atoms with van der Waals surface area (Å²) in [4.78, 5) is 4.88. The minimum absolute atomic E-state index is 0.236. The second-order valence-electron chi connectivity index (χ2n) is 12.9. The number of para-hydroxylation sites is 4. The van der Waals surface area contributed by atoms with E-state index in [1.807, 2.05) is 0 Å². The van der Waals surface area contributed by atoms with E-state index in [2.05, 4.69) is 188 Å². The first-order valence-corrected chi connectivity index (χ1v) is 15.9. The first kappa shape index (κ1) is 27.3. The van der Waals surface area contributed by atoms with Crippen LogP contribution in [0.2, 0.25) is 0 Å². The van der Waals surface area contributed by atoms with Crippen LogP contribution in [-0.4, -0.2) is 10.6 Å². The Morgan fingerprint density at radius 2 is 1.00 bits per heavy atom. The fraction of sp³-hybridized carbons (Fsp3) is 0.143. The summed E-state index contributed by atoms with van der Waals surface area (Å²) in [5, 5.41) is 2.57. The summed E-state index contributed by atoms with van der Waals surface area (Å²) in [6.07, 6.45) is 0. The normalized spacial score (nSPS) is 13.7. The molecule has 3 heteroatoms. The van der Waals surface area contributed by atoms with Crippen molar-refractivity contribution in [2.45, 2.75) is 39.2 Å². The van der Waals surface area contributed by atoms with Crippen molar-refractivity contribution in [3.63, 3.8) is 0 Å². The smallest absolute Gasteiger partial charge is 0.0541 e. The molecule has 1 aromatic heterocycles. The van der Waals surface area contributed by atoms with Crippen molar-refractivity contribution in [2.24, 2.45) is 0 Å². The predicted octanol–water partition coefficient (Wildman–Crippen LogP) is 11.4. The molecule has 0 bridgehead atoms. The fourth-order valence-corrected chi connectivity index (χ4v) is 7.38. The molecule has 7 aromatic rings. The van der Waals surface area contributed by atoms with Gasteiger partial charge < -0.3 is 14.4 Å². The molecule has 0 spiro atoms. The van der Waals surface area contributed by atoms with Gasteiger partial charge in [-0.3, -0.25) is 0 Å². The molecule has 0 saturated heterocycles. The molecule has 220 valence electrons. The molecule has 0 atom stereocenters. The number of hydrogen-bond acceptors (Lipinski definition) is 2. The third kappa shape index (κ3) is 4.26. The molecule has 0 radical (unpaired) electrons. The van der Waals surface area contributed by atoms with E-state index in [1.165, 1.54) is 50.0 Å². The monoisotopic (exact) mass is 583 g/mol. The summed E-state index contributed by atoms with van der Waals surface area (Å²) < 4.78 is 2.43. The van der Waals surface area contributed by atoms with E-state index in [0.717, 1.165) is 17.1 Å². The van der Waals surface area contributed by atoms with Gasteiger partial charge in [-0.2, -0.15) is 0 Å². The standard InChI is InChI=1S/C42H37N3/c1-29(2)43-40-25-23-32(44(30-15-7-5-8-16-30)31-17-9-6-10-18-31)27-36(40)42(3,4)37-28-33(24-26-41(37)43)45-38-21-13-11-19-34(38)35-20-12-14-22-39(35)45/h5-29H,1-4H3. The Morgan fingerprint density at radius 3 is 1.56 bits per heavy atom. The lowest BCUT2D eigenvalue weighted by Gasteiger charge is -2.44. The molecule has 1 aliphatic heterocycles. The van der Waals surface area contributed by atoms with Crippen LogP contribution < -0.4 is 9.80 Å². The molecular formula is C42H37N3. The summed E-state index contributed by atoms with van der Waals surface area (Å²) in [5.41, 5.74) is 12.1. The minimum atomic E-state index is -0.236. The van der Waals surface area contributed by atoms with Crippen LogP contribution in [0.4, 0.5) is 28.4 Å². The van der Waals surface area contributed by atoms with Gasteiger partial charge >= 0.3 is 0 Å². The molecule has 1 aliphatic rings. The highest BCUT2D eigenvalue weighted by atomic mass is 15.2. The molecule has 2 heterocycles. The number of nitrogens with zero attached hydrogens (tertiary/aromatic N) is 3. The van der Waals surface area contributed by atoms with Crippen molar-refractivity contribution in [3.05, 3.63) is 157 Å². The molecule has 0 fully saturated rings. The highest BCUT2D eigenvalue weighted by molar-refractivity contribution is 6.09. The van der Waals surface area contributed by atoms with Crippen LogP contribution >= 0.6 is 0 Å². The molecule has 0 amide bonds. The van der Waals surface area contributed by atoms with Crippen molar-refractivity contribution in [3.8, 4) is 5.69 Å². The van der Waals surface area contributed by atoms with Crippen LogP contribution in [0.15, 0.2) is 146 Å². The summed E-state index contributed by atoms with van der Waals surface area (Å²) in [6, 6.07) is 53.3. The number of anilines is 5. The van der Waals surface area contributed by atoms with Gasteiger partial charge in [-0.1, -0.05) is 86.6 Å². The summed E-state index contributed by atoms with van der Waals surface area (Å²) in [5.74, 6) is 0. The maximum atomic E-state index is 2.52. The SMILES string of the molecule is CC(C)N1c2ccc(N(c3ccccc3)c3ccccc3)cc2C(C)(C)c2cc(-n3c4ccccc4c4ccccc43)ccc21. The Hall–Kier alpha value is -5.28. The summed E-state index contributed by atoms with van der Waals surface area (Å²) in [6.45, 7) is 9.36. The lowest BCUT2D eigenvalue weighted by molar-refractivity contribution is 0.612. The highest BCUT2D eigenvalue weighted by Gasteiger charge is 2.38. The number of benzene rings is 6. The number of aromatic nitrogens is 1. The maximum Gasteiger partial charge on any atom is 0.0541 e. The van der Waals surface area contributed by atoms with E-state index < -0.39 is 0 Å². The maximum absolute atomic E-state index is 2.52. The number of hydrogen-bond donors (Lipinski definition) is 0. The predicted molar refractivity (Wildman–Crippen MR) is 191 cm³/mol. The van der Waals surface area contributed by atoms with Gasteiger partial charge in [0.05, 0.1) is 11.0 Å². The van der Waals surface area contributed by atoms with E-state index in [9.17, 15) is 0 Å². The Morgan fingerprint density at radius 1 is 0.511 bits per heavy atom. The molecule has 0 unspecified atom stereocenters. The molecule has 6 aromatic carbocycles. The summed E-state index contributed by atoms with van der Waals surface area (Å²) >= 11 is 0. The molecule has 8 rings (SSSR count). The van der Waals surface area contributed by atoms with Crippen LogP contribution in [0.1, 0.15) is 38.8 Å². The Bertz CT molecular complexity index is 2080. The topological polar surface area (TPSA) is 11.4 Å². The van der Waals surface area contributed by atoms with Crippen LogP contribution in [0.5, 0.6) is 0 Å². The van der Waals surface area contributed by atoms with Crippen LogP contribution in [0, 0.1) is 0 Å². The zero-order chi connectivity index (χ0) is 30.7. The van der Waals surface area contributed by atoms with Crippen molar-refractivity contribution in [1.29, 1.82) is 0 Å². The second-order valence-corrected chi connectivity index (χ2v) is 12.9. The Balaban J connectivity index is 1.33. The largest absolute Gasteiger partial charge is 0.338 e. The zero-order valence-electron chi connectivity index (χ0n) is 26.3. The lowest BCUT2D eigenvalue weighted by atomic mass is 9.73. The van der Waals surface area contributed by atoms with E-state index >= 15 is 0 Å². The van der Waals surface area contributed by atoms with E-state index in [0.29, 0.717) is 6.04 Å². The van der Waals surface area contributed by atoms with Crippen LogP contribution in [0.3, 0.4) is 0 Å². The van der Waals surface area contributed by atoms with Gasteiger partial charge in [0, 0.05) is 56.4 Å². The lowest BCUT2D eigenvalue weighted by Crippen LogP contribution is -2.36. The molecule has 0 saturated carbocycles. The third-order valence-electron chi connectivity index (χ3n) is 9.47. The van der Waals surface area contributed by atoms with Crippen molar-refractivity contribution >= 4 is 50.2 Å². The first-order valence-electron chi connectivity index (χ1n) is 15.9. The van der Waals surface area contributed by atoms with Gasteiger partial charge in [-0.15, -0.1) is 0 Å². The van der Waals surface area contributed by atoms with Gasteiger partial charge in [-0.25, -0.2) is 0 Å². The summed E-state index contributed by atoms with van der Waals surface area (Å²) in [7, 11) is 0. The second kappa shape index (κ2) is 10.4. The van der Waals surface area contributed by atoms with Crippen LogP contribution in [0.25, 0.3) is 27.5 Å². The fourth-order valence-electron chi connectivity index (χ4n) is 7.38. The highest BCUT2D eigenvalue weighted by Crippen LogP contribution is 2.52. The van der Waals surface area contributed by atoms with Gasteiger partial charge in [-0.05, 0) is 97.8 Å². The Labute approximate surface area is 265 Å². The zero-order valence-corrected chi connectivity index (χ0v) is 26.3. The first-order chi connectivity index (χ1) is 21.9. The van der Waals surface area contributed by atoms with E-state index in [-0.39, 0.29) is 5.41 Å². The minimum Gasteiger partial charge on any atom is -0.338 e. The van der Waals surface area contributed by atoms with Gasteiger partial charge in [0.25, 0.3) is 0 Å². The molecular weight excluding hydrogens is 546 g/mol. The average molecular weight is 584 g/mol. The molecule has 3 nitrogen and oxygen atoms in total. The Kier molecular flexibility index (Phi) is 6.32. The van der Waals surface area contributed by atoms with Crippen LogP contribution in [-0.2, 0) is 5.41 Å². The number of fused-ring (bicyclic) bond motifs is 5. The van der Waals surface area contributed by atoms with E-state index in [1.54, 1.807) is 0 Å². The number of rotatable bonds is 5. The van der Waals surface area contributed by atoms with Gasteiger partial charge in [0.2, 0.25) is 0 Å². The van der Waals surface area contributed by atoms with E-state index in [4.69, 9.17) is 0 Å². The molecule has 45 heavy (non-hydrogen) atoms. The van der Waals surface area contributed by atoms with Crippen molar-refractivity contribution < 1.29 is 0 Å².